The second-order valence-corrected chi connectivity index (χ2v) is 6.59. The summed E-state index contributed by atoms with van der Waals surface area (Å²) in [6.45, 7) is 4.74. The van der Waals surface area contributed by atoms with Gasteiger partial charge < -0.3 is 14.5 Å². The molecular formula is C21H22N6O2. The van der Waals surface area contributed by atoms with E-state index < -0.39 is 0 Å². The topological polar surface area (TPSA) is 84.3 Å². The molecule has 0 atom stereocenters. The Labute approximate surface area is 169 Å². The van der Waals surface area contributed by atoms with Crippen LogP contribution in [0.4, 0.5) is 10.6 Å². The molecule has 8 nitrogen and oxygen atoms in total. The number of rotatable bonds is 4. The van der Waals surface area contributed by atoms with Crippen molar-refractivity contribution in [2.24, 2.45) is 0 Å². The number of hydrogen-bond acceptors (Lipinski definition) is 7. The summed E-state index contributed by atoms with van der Waals surface area (Å²) in [6, 6.07) is 9.63. The number of hydrogen-bond donors (Lipinski definition) is 0. The Morgan fingerprint density at radius 2 is 1.79 bits per heavy atom. The predicted molar refractivity (Wildman–Crippen MR) is 109 cm³/mol. The van der Waals surface area contributed by atoms with Gasteiger partial charge in [0, 0.05) is 68.2 Å². The summed E-state index contributed by atoms with van der Waals surface area (Å²) >= 11 is 0. The van der Waals surface area contributed by atoms with E-state index in [1.165, 1.54) is 0 Å². The maximum atomic E-state index is 12.0. The van der Waals surface area contributed by atoms with E-state index in [1.54, 1.807) is 29.7 Å². The van der Waals surface area contributed by atoms with Crippen LogP contribution in [0.3, 0.4) is 0 Å². The molecule has 0 bridgehead atoms. The number of amides is 1. The minimum atomic E-state index is -0.261. The van der Waals surface area contributed by atoms with Gasteiger partial charge in [-0.1, -0.05) is 0 Å². The Bertz CT molecular complexity index is 902. The van der Waals surface area contributed by atoms with Gasteiger partial charge in [-0.05, 0) is 31.2 Å². The summed E-state index contributed by atoms with van der Waals surface area (Å²) in [4.78, 5) is 33.7. The Morgan fingerprint density at radius 3 is 2.48 bits per heavy atom. The van der Waals surface area contributed by atoms with Gasteiger partial charge in [0.05, 0.1) is 12.3 Å². The van der Waals surface area contributed by atoms with Gasteiger partial charge in [0.1, 0.15) is 5.82 Å². The fourth-order valence-corrected chi connectivity index (χ4v) is 3.22. The van der Waals surface area contributed by atoms with Gasteiger partial charge in [-0.25, -0.2) is 14.8 Å². The molecule has 0 spiro atoms. The second-order valence-electron chi connectivity index (χ2n) is 6.59. The van der Waals surface area contributed by atoms with Crippen LogP contribution in [0, 0.1) is 0 Å². The molecule has 0 N–H and O–H groups in total. The summed E-state index contributed by atoms with van der Waals surface area (Å²) in [5.41, 5.74) is 2.64. The molecule has 4 rings (SSSR count). The third-order valence-electron chi connectivity index (χ3n) is 4.74. The quantitative estimate of drug-likeness (QED) is 0.677. The molecule has 148 valence electrons. The van der Waals surface area contributed by atoms with Crippen LogP contribution in [0.15, 0.2) is 55.1 Å². The molecule has 3 aromatic heterocycles. The molecule has 0 aromatic carbocycles. The highest BCUT2D eigenvalue weighted by Gasteiger charge is 2.23. The summed E-state index contributed by atoms with van der Waals surface area (Å²) < 4.78 is 5.11. The average Bonchev–Trinajstić information content (AvgIpc) is 2.80. The van der Waals surface area contributed by atoms with Gasteiger partial charge in [0.15, 0.2) is 5.82 Å². The molecule has 1 aliphatic heterocycles. The van der Waals surface area contributed by atoms with Crippen LogP contribution in [0.1, 0.15) is 6.92 Å². The minimum Gasteiger partial charge on any atom is -0.450 e. The normalized spacial score (nSPS) is 14.0. The molecule has 1 amide bonds. The fraction of sp³-hybridized carbons (Fsp3) is 0.286. The first-order valence-corrected chi connectivity index (χ1v) is 9.61. The van der Waals surface area contributed by atoms with Crippen molar-refractivity contribution < 1.29 is 9.53 Å². The van der Waals surface area contributed by atoms with E-state index in [0.717, 1.165) is 22.6 Å². The second kappa shape index (κ2) is 8.64. The first-order valence-electron chi connectivity index (χ1n) is 9.61. The summed E-state index contributed by atoms with van der Waals surface area (Å²) in [5.74, 6) is 1.46. The van der Waals surface area contributed by atoms with Crippen molar-refractivity contribution in [3.05, 3.63) is 55.1 Å². The van der Waals surface area contributed by atoms with Gasteiger partial charge in [-0.2, -0.15) is 0 Å². The van der Waals surface area contributed by atoms with Crippen molar-refractivity contribution in [3.8, 4) is 22.6 Å². The maximum absolute atomic E-state index is 12.0. The number of piperazine rings is 1. The van der Waals surface area contributed by atoms with Crippen LogP contribution in [0.5, 0.6) is 0 Å². The zero-order chi connectivity index (χ0) is 20.1. The highest BCUT2D eigenvalue weighted by Crippen LogP contribution is 2.26. The van der Waals surface area contributed by atoms with Gasteiger partial charge in [-0.3, -0.25) is 9.97 Å². The highest BCUT2D eigenvalue weighted by atomic mass is 16.6. The van der Waals surface area contributed by atoms with Crippen molar-refractivity contribution in [2.75, 3.05) is 37.7 Å². The number of pyridine rings is 2. The van der Waals surface area contributed by atoms with E-state index in [9.17, 15) is 4.79 Å². The van der Waals surface area contributed by atoms with Crippen molar-refractivity contribution >= 4 is 11.9 Å². The predicted octanol–water partition coefficient (Wildman–Crippen LogP) is 2.88. The zero-order valence-corrected chi connectivity index (χ0v) is 16.2. The number of carbonyl (C=O) groups excluding carboxylic acids is 1. The first kappa shape index (κ1) is 18.8. The van der Waals surface area contributed by atoms with Crippen molar-refractivity contribution in [3.63, 3.8) is 0 Å². The first-order chi connectivity index (χ1) is 14.2. The van der Waals surface area contributed by atoms with E-state index in [2.05, 4.69) is 14.9 Å². The van der Waals surface area contributed by atoms with Gasteiger partial charge in [-0.15, -0.1) is 0 Å². The van der Waals surface area contributed by atoms with Gasteiger partial charge in [0.25, 0.3) is 0 Å². The molecular weight excluding hydrogens is 368 g/mol. The number of ether oxygens (including phenoxy) is 1. The number of anilines is 1. The lowest BCUT2D eigenvalue weighted by Crippen LogP contribution is -2.49. The number of nitrogens with zero attached hydrogens (tertiary/aromatic N) is 6. The van der Waals surface area contributed by atoms with E-state index >= 15 is 0 Å². The molecule has 8 heteroatoms. The van der Waals surface area contributed by atoms with Crippen LogP contribution in [0.2, 0.25) is 0 Å². The smallest absolute Gasteiger partial charge is 0.409 e. The van der Waals surface area contributed by atoms with Crippen molar-refractivity contribution in [2.45, 2.75) is 6.92 Å². The van der Waals surface area contributed by atoms with Crippen molar-refractivity contribution in [1.29, 1.82) is 0 Å². The molecule has 4 heterocycles. The monoisotopic (exact) mass is 390 g/mol. The third-order valence-corrected chi connectivity index (χ3v) is 4.74. The average molecular weight is 390 g/mol. The van der Waals surface area contributed by atoms with Crippen LogP contribution in [-0.4, -0.2) is 63.7 Å². The van der Waals surface area contributed by atoms with Crippen LogP contribution in [-0.2, 0) is 4.74 Å². The largest absolute Gasteiger partial charge is 0.450 e. The van der Waals surface area contributed by atoms with E-state index in [1.807, 2.05) is 37.3 Å². The Hall–Kier alpha value is -3.55. The zero-order valence-electron chi connectivity index (χ0n) is 16.2. The molecule has 1 saturated heterocycles. The summed E-state index contributed by atoms with van der Waals surface area (Å²) in [7, 11) is 0. The van der Waals surface area contributed by atoms with Crippen molar-refractivity contribution in [1.82, 2.24) is 24.8 Å². The third kappa shape index (κ3) is 4.31. The van der Waals surface area contributed by atoms with E-state index in [-0.39, 0.29) is 6.09 Å². The van der Waals surface area contributed by atoms with Gasteiger partial charge >= 0.3 is 6.09 Å². The fourth-order valence-electron chi connectivity index (χ4n) is 3.22. The molecule has 1 fully saturated rings. The summed E-state index contributed by atoms with van der Waals surface area (Å²) in [5, 5.41) is 0. The summed E-state index contributed by atoms with van der Waals surface area (Å²) in [6.07, 6.45) is 6.73. The van der Waals surface area contributed by atoms with E-state index in [4.69, 9.17) is 14.7 Å². The van der Waals surface area contributed by atoms with Gasteiger partial charge in [0.2, 0.25) is 0 Å². The number of aromatic nitrogens is 4. The Balaban J connectivity index is 1.64. The SMILES string of the molecule is CCOC(=O)N1CCN(c2cc(-c3cccnc3)nc(-c3ccncc3)n2)CC1. The van der Waals surface area contributed by atoms with E-state index in [0.29, 0.717) is 38.6 Å². The molecule has 1 aliphatic rings. The molecule has 0 saturated carbocycles. The van der Waals surface area contributed by atoms with Crippen LogP contribution >= 0.6 is 0 Å². The minimum absolute atomic E-state index is 0.261. The number of carbonyl (C=O) groups is 1. The molecule has 0 unspecified atom stereocenters. The molecule has 29 heavy (non-hydrogen) atoms. The Kier molecular flexibility index (Phi) is 5.60. The maximum Gasteiger partial charge on any atom is 0.409 e. The molecule has 3 aromatic rings. The lowest BCUT2D eigenvalue weighted by atomic mass is 10.1. The molecule has 0 radical (unpaired) electrons. The van der Waals surface area contributed by atoms with Crippen LogP contribution in [0.25, 0.3) is 22.6 Å². The lowest BCUT2D eigenvalue weighted by Gasteiger charge is -2.34. The lowest BCUT2D eigenvalue weighted by molar-refractivity contribution is 0.105. The highest BCUT2D eigenvalue weighted by molar-refractivity contribution is 5.69. The van der Waals surface area contributed by atoms with Crippen LogP contribution < -0.4 is 4.90 Å². The molecule has 0 aliphatic carbocycles. The standard InChI is InChI=1S/C21H22N6O2/c1-2-29-21(28)27-12-10-26(11-13-27)19-14-18(17-4-3-7-23-15-17)24-20(25-19)16-5-8-22-9-6-16/h3-9,14-15H,2,10-13H2,1H3. The Morgan fingerprint density at radius 1 is 1.00 bits per heavy atom.